The number of hydrogen-bond acceptors (Lipinski definition) is 5. The molecule has 0 aliphatic carbocycles. The number of thiazole rings is 1. The maximum atomic E-state index is 12.6. The van der Waals surface area contributed by atoms with Gasteiger partial charge in [-0.15, -0.1) is 0 Å². The minimum Gasteiger partial charge on any atom is -0.457 e. The van der Waals surface area contributed by atoms with Crippen LogP contribution in [0.2, 0.25) is 0 Å². The van der Waals surface area contributed by atoms with Gasteiger partial charge in [0.15, 0.2) is 5.13 Å². The fourth-order valence-electron chi connectivity index (χ4n) is 3.21. The van der Waals surface area contributed by atoms with Crippen LogP contribution in [-0.4, -0.2) is 16.9 Å². The Morgan fingerprint density at radius 2 is 1.70 bits per heavy atom. The van der Waals surface area contributed by atoms with Gasteiger partial charge in [-0.25, -0.2) is 9.78 Å². The molecule has 0 radical (unpaired) electrons. The largest absolute Gasteiger partial charge is 0.457 e. The average Bonchev–Trinajstić information content (AvgIpc) is 3.13. The van der Waals surface area contributed by atoms with Crippen molar-refractivity contribution in [2.75, 3.05) is 5.32 Å². The first-order valence-electron chi connectivity index (χ1n) is 9.55. The summed E-state index contributed by atoms with van der Waals surface area (Å²) in [6, 6.07) is 23.4. The van der Waals surface area contributed by atoms with Crippen molar-refractivity contribution < 1.29 is 14.3 Å². The second kappa shape index (κ2) is 8.88. The summed E-state index contributed by atoms with van der Waals surface area (Å²) in [5.41, 5.74) is 2.40. The minimum absolute atomic E-state index is 0.177. The van der Waals surface area contributed by atoms with Crippen LogP contribution in [0.4, 0.5) is 5.13 Å². The molecular formula is C24H20N2O3S. The topological polar surface area (TPSA) is 68.3 Å². The van der Waals surface area contributed by atoms with Crippen LogP contribution in [0.3, 0.4) is 0 Å². The maximum Gasteiger partial charge on any atom is 0.350 e. The van der Waals surface area contributed by atoms with Crippen molar-refractivity contribution in [3.63, 3.8) is 0 Å². The van der Waals surface area contributed by atoms with Crippen LogP contribution in [0, 0.1) is 6.92 Å². The number of nitrogens with one attached hydrogen (secondary N) is 1. The number of rotatable bonds is 6. The molecule has 0 atom stereocenters. The van der Waals surface area contributed by atoms with E-state index in [2.05, 4.69) is 10.3 Å². The van der Waals surface area contributed by atoms with Crippen molar-refractivity contribution in [1.29, 1.82) is 0 Å². The molecular weight excluding hydrogens is 396 g/mol. The quantitative estimate of drug-likeness (QED) is 0.442. The smallest absolute Gasteiger partial charge is 0.350 e. The summed E-state index contributed by atoms with van der Waals surface area (Å²) in [5.74, 6) is -0.618. The molecule has 0 saturated heterocycles. The second-order valence-electron chi connectivity index (χ2n) is 6.86. The first kappa shape index (κ1) is 19.8. The number of esters is 1. The second-order valence-corrected chi connectivity index (χ2v) is 7.86. The van der Waals surface area contributed by atoms with Gasteiger partial charge in [-0.1, -0.05) is 84.1 Å². The Morgan fingerprint density at radius 1 is 0.967 bits per heavy atom. The van der Waals surface area contributed by atoms with Crippen LogP contribution in [-0.2, 0) is 22.6 Å². The van der Waals surface area contributed by atoms with Crippen molar-refractivity contribution in [1.82, 2.24) is 4.98 Å². The van der Waals surface area contributed by atoms with E-state index in [9.17, 15) is 9.59 Å². The number of hydrogen-bond donors (Lipinski definition) is 1. The zero-order valence-corrected chi connectivity index (χ0v) is 17.2. The molecule has 0 saturated carbocycles. The number of benzene rings is 3. The SMILES string of the molecule is Cc1nc(NC(=O)Cc2cccc3ccccc23)sc1C(=O)OCc1ccccc1. The number of amides is 1. The van der Waals surface area contributed by atoms with Crippen LogP contribution >= 0.6 is 11.3 Å². The van der Waals surface area contributed by atoms with Crippen LogP contribution in [0.5, 0.6) is 0 Å². The average molecular weight is 417 g/mol. The molecule has 0 spiro atoms. The summed E-state index contributed by atoms with van der Waals surface area (Å²) in [5, 5.41) is 5.34. The Bertz CT molecular complexity index is 1200. The molecule has 0 bridgehead atoms. The van der Waals surface area contributed by atoms with E-state index in [1.54, 1.807) is 6.92 Å². The number of aryl methyl sites for hydroxylation is 1. The predicted molar refractivity (Wildman–Crippen MR) is 119 cm³/mol. The van der Waals surface area contributed by atoms with E-state index in [0.717, 1.165) is 33.2 Å². The lowest BCUT2D eigenvalue weighted by Gasteiger charge is -2.06. The molecule has 1 heterocycles. The third-order valence-electron chi connectivity index (χ3n) is 4.67. The summed E-state index contributed by atoms with van der Waals surface area (Å²) in [7, 11) is 0. The van der Waals surface area contributed by atoms with Crippen molar-refractivity contribution in [2.24, 2.45) is 0 Å². The van der Waals surface area contributed by atoms with E-state index >= 15 is 0 Å². The Labute approximate surface area is 178 Å². The fourth-order valence-corrected chi connectivity index (χ4v) is 4.09. The number of carbonyl (C=O) groups is 2. The zero-order chi connectivity index (χ0) is 20.9. The third kappa shape index (κ3) is 4.55. The van der Waals surface area contributed by atoms with Gasteiger partial charge in [0.25, 0.3) is 0 Å². The van der Waals surface area contributed by atoms with Gasteiger partial charge in [0.05, 0.1) is 12.1 Å². The van der Waals surface area contributed by atoms with Crippen LogP contribution in [0.15, 0.2) is 72.8 Å². The summed E-state index contributed by atoms with van der Waals surface area (Å²) >= 11 is 1.13. The highest BCUT2D eigenvalue weighted by Crippen LogP contribution is 2.25. The Balaban J connectivity index is 1.41. The van der Waals surface area contributed by atoms with Crippen LogP contribution in [0.25, 0.3) is 10.8 Å². The summed E-state index contributed by atoms with van der Waals surface area (Å²) < 4.78 is 5.38. The number of carbonyl (C=O) groups excluding carboxylic acids is 2. The first-order chi connectivity index (χ1) is 14.6. The lowest BCUT2D eigenvalue weighted by molar-refractivity contribution is -0.115. The molecule has 150 valence electrons. The molecule has 0 aliphatic rings. The van der Waals surface area contributed by atoms with E-state index < -0.39 is 5.97 Å². The Hall–Kier alpha value is -3.51. The van der Waals surface area contributed by atoms with Gasteiger partial charge in [-0.2, -0.15) is 0 Å². The van der Waals surface area contributed by atoms with Gasteiger partial charge in [0.1, 0.15) is 11.5 Å². The molecule has 1 N–H and O–H groups in total. The Kier molecular flexibility index (Phi) is 5.86. The molecule has 6 heteroatoms. The fraction of sp³-hybridized carbons (Fsp3) is 0.125. The molecule has 4 rings (SSSR count). The molecule has 1 aromatic heterocycles. The molecule has 3 aromatic carbocycles. The third-order valence-corrected chi connectivity index (χ3v) is 5.72. The van der Waals surface area contributed by atoms with Crippen LogP contribution < -0.4 is 5.32 Å². The predicted octanol–water partition coefficient (Wildman–Crippen LogP) is 5.14. The summed E-state index contributed by atoms with van der Waals surface area (Å²) in [6.45, 7) is 1.93. The first-order valence-corrected chi connectivity index (χ1v) is 10.4. The van der Waals surface area contributed by atoms with Crippen molar-refractivity contribution in [2.45, 2.75) is 20.0 Å². The Morgan fingerprint density at radius 3 is 2.53 bits per heavy atom. The van der Waals surface area contributed by atoms with Gasteiger partial charge >= 0.3 is 5.97 Å². The van der Waals surface area contributed by atoms with Gasteiger partial charge in [0, 0.05) is 0 Å². The monoisotopic (exact) mass is 416 g/mol. The van der Waals surface area contributed by atoms with Crippen molar-refractivity contribution in [3.8, 4) is 0 Å². The highest BCUT2D eigenvalue weighted by atomic mass is 32.1. The lowest BCUT2D eigenvalue weighted by Crippen LogP contribution is -2.14. The number of nitrogens with zero attached hydrogens (tertiary/aromatic N) is 1. The summed E-state index contributed by atoms with van der Waals surface area (Å²) in [6.07, 6.45) is 0.230. The van der Waals surface area contributed by atoms with Crippen molar-refractivity contribution >= 4 is 39.1 Å². The number of aromatic nitrogens is 1. The molecule has 4 aromatic rings. The highest BCUT2D eigenvalue weighted by Gasteiger charge is 2.18. The van der Waals surface area contributed by atoms with E-state index in [1.165, 1.54) is 0 Å². The minimum atomic E-state index is -0.441. The van der Waals surface area contributed by atoms with E-state index in [4.69, 9.17) is 4.74 Å². The van der Waals surface area contributed by atoms with E-state index in [1.807, 2.05) is 72.8 Å². The molecule has 30 heavy (non-hydrogen) atoms. The highest BCUT2D eigenvalue weighted by molar-refractivity contribution is 7.17. The normalized spacial score (nSPS) is 10.7. The molecule has 0 aliphatic heterocycles. The summed E-state index contributed by atoms with van der Waals surface area (Å²) in [4.78, 5) is 29.7. The molecule has 1 amide bonds. The van der Waals surface area contributed by atoms with Crippen LogP contribution in [0.1, 0.15) is 26.5 Å². The lowest BCUT2D eigenvalue weighted by atomic mass is 10.0. The zero-order valence-electron chi connectivity index (χ0n) is 16.4. The van der Waals surface area contributed by atoms with Gasteiger partial charge < -0.3 is 10.1 Å². The van der Waals surface area contributed by atoms with Crippen molar-refractivity contribution in [3.05, 3.63) is 94.5 Å². The van der Waals surface area contributed by atoms with E-state index in [-0.39, 0.29) is 18.9 Å². The van der Waals surface area contributed by atoms with Gasteiger partial charge in [0.2, 0.25) is 5.91 Å². The number of ether oxygens (including phenoxy) is 1. The molecule has 0 unspecified atom stereocenters. The number of anilines is 1. The van der Waals surface area contributed by atoms with E-state index in [0.29, 0.717) is 15.7 Å². The van der Waals surface area contributed by atoms with Gasteiger partial charge in [-0.05, 0) is 28.8 Å². The standard InChI is InChI=1S/C24H20N2O3S/c1-16-22(23(28)29-15-17-8-3-2-4-9-17)30-24(25-16)26-21(27)14-19-12-7-11-18-10-5-6-13-20(18)19/h2-13H,14-15H2,1H3,(H,25,26,27). The molecule has 0 fully saturated rings. The van der Waals surface area contributed by atoms with Gasteiger partial charge in [-0.3, -0.25) is 4.79 Å². The maximum absolute atomic E-state index is 12.6. The molecule has 5 nitrogen and oxygen atoms in total. The number of fused-ring (bicyclic) bond motifs is 1.